The summed E-state index contributed by atoms with van der Waals surface area (Å²) in [6.45, 7) is 2.53. The molecule has 0 radical (unpaired) electrons. The largest absolute Gasteiger partial charge is 0.370 e. The number of rotatable bonds is 5. The molecule has 0 bridgehead atoms. The number of nitrogens with two attached hydrogens (primary N) is 1. The Balaban J connectivity index is 1.99. The molecule has 0 aromatic heterocycles. The number of hydrogen-bond acceptors (Lipinski definition) is 3. The molecule has 2 atom stereocenters. The summed E-state index contributed by atoms with van der Waals surface area (Å²) < 4.78 is 0. The van der Waals surface area contributed by atoms with E-state index in [1.165, 1.54) is 0 Å². The van der Waals surface area contributed by atoms with E-state index in [0.717, 1.165) is 19.3 Å². The highest BCUT2D eigenvalue weighted by Crippen LogP contribution is 2.47. The highest BCUT2D eigenvalue weighted by Gasteiger charge is 2.50. The second kappa shape index (κ2) is 5.76. The van der Waals surface area contributed by atoms with E-state index in [1.54, 1.807) is 4.90 Å². The fourth-order valence-corrected chi connectivity index (χ4v) is 2.65. The first kappa shape index (κ1) is 15.4. The van der Waals surface area contributed by atoms with Crippen LogP contribution in [0.15, 0.2) is 0 Å². The van der Waals surface area contributed by atoms with Gasteiger partial charge in [-0.15, -0.1) is 6.42 Å². The molecule has 0 aromatic rings. The summed E-state index contributed by atoms with van der Waals surface area (Å²) in [5, 5.41) is 2.63. The van der Waals surface area contributed by atoms with E-state index in [4.69, 9.17) is 12.2 Å². The molecule has 2 aliphatic rings. The lowest BCUT2D eigenvalue weighted by Crippen LogP contribution is -2.50. The number of amides is 3. The van der Waals surface area contributed by atoms with Gasteiger partial charge in [-0.1, -0.05) is 12.8 Å². The predicted molar refractivity (Wildman–Crippen MR) is 76.7 cm³/mol. The molecular formula is C15H21N3O3. The third-order valence-electron chi connectivity index (χ3n) is 4.26. The number of primary amides is 1. The Bertz CT molecular complexity index is 505. The van der Waals surface area contributed by atoms with E-state index in [1.807, 2.05) is 6.92 Å². The number of likely N-dealkylation sites (tertiary alicyclic amines) is 1. The summed E-state index contributed by atoms with van der Waals surface area (Å²) in [6, 6.07) is -1.21. The maximum Gasteiger partial charge on any atom is 0.243 e. The summed E-state index contributed by atoms with van der Waals surface area (Å²) in [5.41, 5.74) is 4.80. The van der Waals surface area contributed by atoms with Crippen molar-refractivity contribution in [2.75, 3.05) is 6.54 Å². The van der Waals surface area contributed by atoms with Gasteiger partial charge >= 0.3 is 0 Å². The zero-order valence-electron chi connectivity index (χ0n) is 12.2. The third-order valence-corrected chi connectivity index (χ3v) is 4.26. The summed E-state index contributed by atoms with van der Waals surface area (Å²) in [5.74, 6) is 1.52. The number of terminal acetylenes is 1. The Labute approximate surface area is 124 Å². The van der Waals surface area contributed by atoms with E-state index in [2.05, 4.69) is 11.2 Å². The maximum atomic E-state index is 12.4. The Morgan fingerprint density at radius 1 is 1.48 bits per heavy atom. The van der Waals surface area contributed by atoms with Gasteiger partial charge in [0, 0.05) is 12.0 Å². The summed E-state index contributed by atoms with van der Waals surface area (Å²) in [6.07, 6.45) is 8.38. The second-order valence-corrected chi connectivity index (χ2v) is 6.12. The maximum absolute atomic E-state index is 12.4. The van der Waals surface area contributed by atoms with Crippen LogP contribution in [0.25, 0.3) is 0 Å². The SMILES string of the molecule is C#C[C@H](CC(N)=O)NC(=O)[C@@H]1CCCN1C(=O)C1(C)CC1. The zero-order chi connectivity index (χ0) is 15.6. The smallest absolute Gasteiger partial charge is 0.243 e. The molecule has 21 heavy (non-hydrogen) atoms. The molecule has 1 heterocycles. The summed E-state index contributed by atoms with van der Waals surface area (Å²) >= 11 is 0. The fourth-order valence-electron chi connectivity index (χ4n) is 2.65. The highest BCUT2D eigenvalue weighted by atomic mass is 16.2. The number of nitrogens with zero attached hydrogens (tertiary/aromatic N) is 1. The average molecular weight is 291 g/mol. The van der Waals surface area contributed by atoms with Crippen LogP contribution in [0, 0.1) is 17.8 Å². The molecule has 3 amide bonds. The molecule has 3 N–H and O–H groups in total. The lowest BCUT2D eigenvalue weighted by Gasteiger charge is -2.27. The van der Waals surface area contributed by atoms with Crippen LogP contribution >= 0.6 is 0 Å². The molecule has 1 saturated heterocycles. The molecule has 114 valence electrons. The van der Waals surface area contributed by atoms with Gasteiger partial charge in [0.25, 0.3) is 0 Å². The average Bonchev–Trinajstić information content (AvgIpc) is 3.00. The molecule has 6 nitrogen and oxygen atoms in total. The topological polar surface area (TPSA) is 92.5 Å². The van der Waals surface area contributed by atoms with Crippen molar-refractivity contribution < 1.29 is 14.4 Å². The van der Waals surface area contributed by atoms with Gasteiger partial charge in [0.2, 0.25) is 17.7 Å². The summed E-state index contributed by atoms with van der Waals surface area (Å²) in [4.78, 5) is 37.3. The van der Waals surface area contributed by atoms with Crippen molar-refractivity contribution in [2.45, 2.75) is 51.1 Å². The van der Waals surface area contributed by atoms with E-state index >= 15 is 0 Å². The van der Waals surface area contributed by atoms with Crippen LogP contribution in [0.4, 0.5) is 0 Å². The van der Waals surface area contributed by atoms with Gasteiger partial charge in [0.15, 0.2) is 0 Å². The van der Waals surface area contributed by atoms with Crippen molar-refractivity contribution in [2.24, 2.45) is 11.1 Å². The van der Waals surface area contributed by atoms with Crippen LogP contribution in [0.3, 0.4) is 0 Å². The number of hydrogen-bond donors (Lipinski definition) is 2. The lowest BCUT2D eigenvalue weighted by molar-refractivity contribution is -0.142. The second-order valence-electron chi connectivity index (χ2n) is 6.12. The van der Waals surface area contributed by atoms with Gasteiger partial charge in [-0.25, -0.2) is 0 Å². The van der Waals surface area contributed by atoms with Gasteiger partial charge in [-0.2, -0.15) is 0 Å². The number of nitrogens with one attached hydrogen (secondary N) is 1. The zero-order valence-corrected chi connectivity index (χ0v) is 12.2. The first-order chi connectivity index (χ1) is 9.87. The Kier molecular flexibility index (Phi) is 4.21. The highest BCUT2D eigenvalue weighted by molar-refractivity contribution is 5.92. The van der Waals surface area contributed by atoms with Crippen LogP contribution < -0.4 is 11.1 Å². The van der Waals surface area contributed by atoms with Gasteiger partial charge in [0.1, 0.15) is 6.04 Å². The van der Waals surface area contributed by atoms with E-state index in [9.17, 15) is 14.4 Å². The molecule has 0 spiro atoms. The number of carbonyl (C=O) groups is 3. The Morgan fingerprint density at radius 2 is 2.14 bits per heavy atom. The minimum absolute atomic E-state index is 0.0484. The standard InChI is InChI=1S/C15H21N3O3/c1-3-10(9-12(16)19)17-13(20)11-5-4-8-18(11)14(21)15(2)6-7-15/h1,10-11H,4-9H2,2H3,(H2,16,19)(H,17,20)/t10-,11+/m1/s1. The quantitative estimate of drug-likeness (QED) is 0.685. The van der Waals surface area contributed by atoms with E-state index in [0.29, 0.717) is 13.0 Å². The minimum atomic E-state index is -0.718. The van der Waals surface area contributed by atoms with Crippen LogP contribution in [-0.2, 0) is 14.4 Å². The molecule has 1 aliphatic heterocycles. The van der Waals surface area contributed by atoms with Crippen LogP contribution in [-0.4, -0.2) is 41.2 Å². The lowest BCUT2D eigenvalue weighted by atomic mass is 10.1. The van der Waals surface area contributed by atoms with Gasteiger partial charge in [-0.05, 0) is 25.7 Å². The van der Waals surface area contributed by atoms with Gasteiger partial charge < -0.3 is 16.0 Å². The number of carbonyl (C=O) groups excluding carboxylic acids is 3. The first-order valence-electron chi connectivity index (χ1n) is 7.23. The molecule has 1 aliphatic carbocycles. The Morgan fingerprint density at radius 3 is 2.67 bits per heavy atom. The van der Waals surface area contributed by atoms with Crippen molar-refractivity contribution in [3.63, 3.8) is 0 Å². The van der Waals surface area contributed by atoms with E-state index in [-0.39, 0.29) is 23.7 Å². The molecule has 2 fully saturated rings. The Hall–Kier alpha value is -2.03. The van der Waals surface area contributed by atoms with Crippen LogP contribution in [0.2, 0.25) is 0 Å². The van der Waals surface area contributed by atoms with Crippen LogP contribution in [0.5, 0.6) is 0 Å². The first-order valence-corrected chi connectivity index (χ1v) is 7.23. The van der Waals surface area contributed by atoms with Crippen LogP contribution in [0.1, 0.15) is 39.0 Å². The molecular weight excluding hydrogens is 270 g/mol. The van der Waals surface area contributed by atoms with Crippen molar-refractivity contribution in [3.8, 4) is 12.3 Å². The van der Waals surface area contributed by atoms with Crippen molar-refractivity contribution in [1.82, 2.24) is 10.2 Å². The van der Waals surface area contributed by atoms with Gasteiger partial charge in [-0.3, -0.25) is 14.4 Å². The third kappa shape index (κ3) is 3.35. The summed E-state index contributed by atoms with van der Waals surface area (Å²) in [7, 11) is 0. The van der Waals surface area contributed by atoms with Crippen molar-refractivity contribution >= 4 is 17.7 Å². The van der Waals surface area contributed by atoms with Crippen molar-refractivity contribution in [1.29, 1.82) is 0 Å². The molecule has 6 heteroatoms. The molecule has 2 rings (SSSR count). The fraction of sp³-hybridized carbons (Fsp3) is 0.667. The monoisotopic (exact) mass is 291 g/mol. The predicted octanol–water partition coefficient (Wildman–Crippen LogP) is -0.229. The normalized spacial score (nSPS) is 24.0. The molecule has 0 unspecified atom stereocenters. The minimum Gasteiger partial charge on any atom is -0.370 e. The van der Waals surface area contributed by atoms with Crippen molar-refractivity contribution in [3.05, 3.63) is 0 Å². The van der Waals surface area contributed by atoms with Gasteiger partial charge in [0.05, 0.1) is 12.5 Å². The molecule has 0 aromatic carbocycles. The van der Waals surface area contributed by atoms with E-state index < -0.39 is 18.0 Å². The molecule has 1 saturated carbocycles.